The molecule has 8 bridgehead atoms. The Balaban J connectivity index is 1.17. The van der Waals surface area contributed by atoms with Gasteiger partial charge in [0.15, 0.2) is 0 Å². The Bertz CT molecular complexity index is 3270. The predicted octanol–water partition coefficient (Wildman–Crippen LogP) is 15.2. The van der Waals surface area contributed by atoms with E-state index in [0.29, 0.717) is 0 Å². The lowest BCUT2D eigenvalue weighted by atomic mass is 9.82. The zero-order chi connectivity index (χ0) is 38.5. The van der Waals surface area contributed by atoms with Gasteiger partial charge in [0.05, 0.1) is 22.4 Å². The van der Waals surface area contributed by atoms with Gasteiger partial charge in [0, 0.05) is 50.0 Å². The molecule has 0 amide bonds. The first-order valence-corrected chi connectivity index (χ1v) is 20.2. The summed E-state index contributed by atoms with van der Waals surface area (Å²) in [6, 6.07) is 74.2. The molecule has 0 N–H and O–H groups in total. The van der Waals surface area contributed by atoms with E-state index in [1.54, 1.807) is 0 Å². The minimum absolute atomic E-state index is 0.159. The summed E-state index contributed by atoms with van der Waals surface area (Å²) in [6.07, 6.45) is 0. The van der Waals surface area contributed by atoms with E-state index in [1.165, 1.54) is 60.4 Å². The van der Waals surface area contributed by atoms with E-state index in [2.05, 4.69) is 228 Å². The van der Waals surface area contributed by atoms with E-state index in [9.17, 15) is 0 Å². The van der Waals surface area contributed by atoms with E-state index >= 15 is 0 Å². The Labute approximate surface area is 338 Å². The molecule has 0 fully saturated rings. The Hall–Kier alpha value is -7.36. The van der Waals surface area contributed by atoms with Crippen molar-refractivity contribution in [3.05, 3.63) is 211 Å². The van der Waals surface area contributed by atoms with E-state index < -0.39 is 0 Å². The highest BCUT2D eigenvalue weighted by Gasteiger charge is 2.37. The Kier molecular flexibility index (Phi) is 6.98. The second-order valence-electron chi connectivity index (χ2n) is 16.2. The molecule has 0 spiro atoms. The standard InChI is InChI=1S/C55H39N3/c1-55(2)48-30-28-42-34-46(48)47-35-43(29-31-49(47)55)57(52-26-13-27-53-54(52)45-23-8-9-24-51(45)58(53)39-18-4-3-5-19-39)41-21-11-17-38(33-41)37-16-10-20-40(32-37)56(42)50-25-12-15-36-14-6-7-22-44(36)50/h3-35H,1-2H3. The highest BCUT2D eigenvalue weighted by molar-refractivity contribution is 6.16. The summed E-state index contributed by atoms with van der Waals surface area (Å²) in [7, 11) is 0. The monoisotopic (exact) mass is 741 g/mol. The second-order valence-corrected chi connectivity index (χ2v) is 16.2. The molecule has 1 aromatic heterocycles. The molecule has 0 unspecified atom stereocenters. The molecule has 1 aliphatic heterocycles. The van der Waals surface area contributed by atoms with Crippen molar-refractivity contribution in [1.29, 1.82) is 0 Å². The van der Waals surface area contributed by atoms with Crippen molar-refractivity contribution in [1.82, 2.24) is 4.57 Å². The van der Waals surface area contributed by atoms with Crippen LogP contribution in [0.4, 0.5) is 34.1 Å². The van der Waals surface area contributed by atoms with Crippen molar-refractivity contribution in [3.8, 4) is 27.9 Å². The fraction of sp³-hybridized carbons (Fsp3) is 0.0545. The fourth-order valence-electron chi connectivity index (χ4n) is 9.97. The van der Waals surface area contributed by atoms with Gasteiger partial charge in [-0.15, -0.1) is 0 Å². The van der Waals surface area contributed by atoms with Crippen molar-refractivity contribution in [2.24, 2.45) is 0 Å². The van der Waals surface area contributed by atoms with E-state index in [-0.39, 0.29) is 5.41 Å². The highest BCUT2D eigenvalue weighted by Crippen LogP contribution is 2.54. The summed E-state index contributed by atoms with van der Waals surface area (Å²) in [4.78, 5) is 4.94. The van der Waals surface area contributed by atoms with Gasteiger partial charge in [-0.3, -0.25) is 0 Å². The van der Waals surface area contributed by atoms with Crippen LogP contribution in [0.3, 0.4) is 0 Å². The third-order valence-electron chi connectivity index (χ3n) is 12.6. The highest BCUT2D eigenvalue weighted by atomic mass is 15.2. The van der Waals surface area contributed by atoms with Gasteiger partial charge in [-0.1, -0.05) is 129 Å². The van der Waals surface area contributed by atoms with Crippen molar-refractivity contribution < 1.29 is 0 Å². The van der Waals surface area contributed by atoms with Crippen LogP contribution in [0.1, 0.15) is 25.0 Å². The quantitative estimate of drug-likeness (QED) is 0.179. The van der Waals surface area contributed by atoms with Crippen LogP contribution in [0.2, 0.25) is 0 Å². The first-order valence-electron chi connectivity index (χ1n) is 20.2. The van der Waals surface area contributed by atoms with Crippen LogP contribution in [0.5, 0.6) is 0 Å². The van der Waals surface area contributed by atoms with Gasteiger partial charge in [0.1, 0.15) is 0 Å². The molecule has 9 aromatic carbocycles. The van der Waals surface area contributed by atoms with Crippen LogP contribution in [0, 0.1) is 0 Å². The Morgan fingerprint density at radius 2 is 0.862 bits per heavy atom. The van der Waals surface area contributed by atoms with Crippen LogP contribution in [-0.2, 0) is 5.41 Å². The molecule has 2 heterocycles. The summed E-state index contributed by atoms with van der Waals surface area (Å²) in [5.41, 5.74) is 17.8. The number of para-hydroxylation sites is 2. The molecule has 274 valence electrons. The summed E-state index contributed by atoms with van der Waals surface area (Å²) in [5.74, 6) is 0. The van der Waals surface area contributed by atoms with Gasteiger partial charge in [0.2, 0.25) is 0 Å². The maximum absolute atomic E-state index is 2.49. The number of nitrogens with zero attached hydrogens (tertiary/aromatic N) is 3. The topological polar surface area (TPSA) is 11.4 Å². The number of hydrogen-bond donors (Lipinski definition) is 0. The largest absolute Gasteiger partial charge is 0.310 e. The van der Waals surface area contributed by atoms with Crippen LogP contribution in [-0.4, -0.2) is 4.57 Å². The van der Waals surface area contributed by atoms with Crippen molar-refractivity contribution >= 4 is 66.7 Å². The van der Waals surface area contributed by atoms with Crippen molar-refractivity contribution in [2.75, 3.05) is 9.80 Å². The Morgan fingerprint density at radius 3 is 1.57 bits per heavy atom. The molecular weight excluding hydrogens is 703 g/mol. The van der Waals surface area contributed by atoms with Crippen LogP contribution < -0.4 is 9.80 Å². The average Bonchev–Trinajstić information content (AvgIpc) is 3.72. The molecule has 2 aliphatic rings. The number of hydrogen-bond acceptors (Lipinski definition) is 2. The van der Waals surface area contributed by atoms with Gasteiger partial charge in [-0.05, 0) is 124 Å². The molecule has 1 aliphatic carbocycles. The van der Waals surface area contributed by atoms with Gasteiger partial charge < -0.3 is 14.4 Å². The number of aromatic nitrogens is 1. The normalized spacial score (nSPS) is 13.8. The Morgan fingerprint density at radius 1 is 0.362 bits per heavy atom. The molecular formula is C55H39N3. The van der Waals surface area contributed by atoms with Gasteiger partial charge >= 0.3 is 0 Å². The van der Waals surface area contributed by atoms with Gasteiger partial charge in [-0.25, -0.2) is 0 Å². The van der Waals surface area contributed by atoms with Gasteiger partial charge in [-0.2, -0.15) is 0 Å². The number of benzene rings is 9. The molecule has 0 radical (unpaired) electrons. The zero-order valence-corrected chi connectivity index (χ0v) is 32.4. The van der Waals surface area contributed by atoms with Gasteiger partial charge in [0.25, 0.3) is 0 Å². The second kappa shape index (κ2) is 12.3. The first-order chi connectivity index (χ1) is 28.5. The first kappa shape index (κ1) is 32.8. The fourth-order valence-corrected chi connectivity index (χ4v) is 9.97. The summed E-state index contributed by atoms with van der Waals surface area (Å²) in [6.45, 7) is 4.75. The molecule has 0 saturated heterocycles. The number of rotatable bonds is 3. The van der Waals surface area contributed by atoms with Crippen LogP contribution in [0.25, 0.3) is 60.5 Å². The molecule has 0 atom stereocenters. The number of anilines is 6. The number of fused-ring (bicyclic) bond motifs is 11. The average molecular weight is 742 g/mol. The van der Waals surface area contributed by atoms with E-state index in [1.807, 2.05) is 0 Å². The molecule has 0 saturated carbocycles. The summed E-state index contributed by atoms with van der Waals surface area (Å²) in [5, 5.41) is 4.90. The van der Waals surface area contributed by atoms with Crippen molar-refractivity contribution in [3.63, 3.8) is 0 Å². The van der Waals surface area contributed by atoms with Crippen molar-refractivity contribution in [2.45, 2.75) is 19.3 Å². The van der Waals surface area contributed by atoms with E-state index in [0.717, 1.165) is 45.4 Å². The lowest BCUT2D eigenvalue weighted by Gasteiger charge is -2.29. The SMILES string of the molecule is CC1(C)c2ccc3cc2-c2cc(ccc21)N(c1cccc2c1c1ccccc1n2-c1ccccc1)c1cccc(c1)-c1cccc(c1)N3c1cccc2ccccc12. The molecule has 3 heteroatoms. The molecule has 10 aromatic rings. The maximum atomic E-state index is 2.49. The molecule has 3 nitrogen and oxygen atoms in total. The predicted molar refractivity (Wildman–Crippen MR) is 244 cm³/mol. The zero-order valence-electron chi connectivity index (χ0n) is 32.4. The summed E-state index contributed by atoms with van der Waals surface area (Å²) >= 11 is 0. The molecule has 58 heavy (non-hydrogen) atoms. The lowest BCUT2D eigenvalue weighted by molar-refractivity contribution is 0.660. The molecule has 12 rings (SSSR count). The smallest absolute Gasteiger partial charge is 0.0562 e. The lowest BCUT2D eigenvalue weighted by Crippen LogP contribution is -2.16. The van der Waals surface area contributed by atoms with Crippen LogP contribution >= 0.6 is 0 Å². The minimum Gasteiger partial charge on any atom is -0.310 e. The third kappa shape index (κ3) is 4.74. The van der Waals surface area contributed by atoms with Crippen LogP contribution in [0.15, 0.2) is 200 Å². The minimum atomic E-state index is -0.159. The third-order valence-corrected chi connectivity index (χ3v) is 12.6. The van der Waals surface area contributed by atoms with E-state index in [4.69, 9.17) is 0 Å². The summed E-state index contributed by atoms with van der Waals surface area (Å²) < 4.78 is 2.41. The maximum Gasteiger partial charge on any atom is 0.0562 e.